The van der Waals surface area contributed by atoms with Crippen molar-refractivity contribution in [1.82, 2.24) is 5.43 Å². The highest BCUT2D eigenvalue weighted by Crippen LogP contribution is 2.33. The van der Waals surface area contributed by atoms with Gasteiger partial charge in [0.15, 0.2) is 5.58 Å². The average Bonchev–Trinajstić information content (AvgIpc) is 2.89. The maximum Gasteiger partial charge on any atom is 0.152 e. The fourth-order valence-corrected chi connectivity index (χ4v) is 2.66. The molecule has 3 rings (SSSR count). The van der Waals surface area contributed by atoms with E-state index in [1.807, 2.05) is 12.1 Å². The van der Waals surface area contributed by atoms with Gasteiger partial charge < -0.3 is 4.42 Å². The predicted octanol–water partition coefficient (Wildman–Crippen LogP) is 4.43. The molecular formula is C15H11Cl2FN2O. The molecule has 0 aliphatic carbocycles. The van der Waals surface area contributed by atoms with Gasteiger partial charge in [-0.3, -0.25) is 5.84 Å². The number of hydrazine groups is 1. The van der Waals surface area contributed by atoms with Gasteiger partial charge in [0.2, 0.25) is 0 Å². The van der Waals surface area contributed by atoms with Crippen LogP contribution in [-0.4, -0.2) is 0 Å². The second kappa shape index (κ2) is 5.66. The SMILES string of the molecule is NNC(c1cc2cccc(Cl)c2o1)c1cccc(Cl)c1F. The number of hydrogen-bond acceptors (Lipinski definition) is 3. The Morgan fingerprint density at radius 1 is 1.10 bits per heavy atom. The molecule has 1 atom stereocenters. The predicted molar refractivity (Wildman–Crippen MR) is 81.8 cm³/mol. The summed E-state index contributed by atoms with van der Waals surface area (Å²) in [4.78, 5) is 0. The second-order valence-corrected chi connectivity index (χ2v) is 5.36. The van der Waals surface area contributed by atoms with Crippen molar-refractivity contribution >= 4 is 34.2 Å². The van der Waals surface area contributed by atoms with Crippen LogP contribution >= 0.6 is 23.2 Å². The molecule has 6 heteroatoms. The van der Waals surface area contributed by atoms with Gasteiger partial charge in [0, 0.05) is 10.9 Å². The van der Waals surface area contributed by atoms with Crippen LogP contribution in [0.3, 0.4) is 0 Å². The van der Waals surface area contributed by atoms with Crippen molar-refractivity contribution in [2.75, 3.05) is 0 Å². The molecule has 0 amide bonds. The minimum Gasteiger partial charge on any atom is -0.457 e. The number of benzene rings is 2. The molecule has 21 heavy (non-hydrogen) atoms. The monoisotopic (exact) mass is 324 g/mol. The summed E-state index contributed by atoms with van der Waals surface area (Å²) in [6, 6.07) is 11.2. The van der Waals surface area contributed by atoms with Crippen molar-refractivity contribution in [3.8, 4) is 0 Å². The molecule has 0 aliphatic heterocycles. The van der Waals surface area contributed by atoms with Crippen LogP contribution in [0.2, 0.25) is 10.0 Å². The molecule has 0 saturated heterocycles. The summed E-state index contributed by atoms with van der Waals surface area (Å²) in [7, 11) is 0. The van der Waals surface area contributed by atoms with Crippen LogP contribution in [0.5, 0.6) is 0 Å². The molecule has 1 heterocycles. The minimum absolute atomic E-state index is 0.0295. The Balaban J connectivity index is 2.14. The Bertz CT molecular complexity index is 803. The Hall–Kier alpha value is -1.59. The van der Waals surface area contributed by atoms with Gasteiger partial charge in [0.25, 0.3) is 0 Å². The summed E-state index contributed by atoms with van der Waals surface area (Å²) in [6.07, 6.45) is 0. The van der Waals surface area contributed by atoms with Crippen molar-refractivity contribution in [1.29, 1.82) is 0 Å². The van der Waals surface area contributed by atoms with Gasteiger partial charge in [-0.25, -0.2) is 9.82 Å². The first-order chi connectivity index (χ1) is 10.1. The first kappa shape index (κ1) is 14.4. The lowest BCUT2D eigenvalue weighted by Gasteiger charge is -2.15. The number of rotatable bonds is 3. The number of hydrogen-bond donors (Lipinski definition) is 2. The number of nitrogens with two attached hydrogens (primary N) is 1. The molecule has 3 aromatic rings. The topological polar surface area (TPSA) is 51.2 Å². The van der Waals surface area contributed by atoms with E-state index in [1.54, 1.807) is 24.3 Å². The molecular weight excluding hydrogens is 314 g/mol. The minimum atomic E-state index is -0.660. The van der Waals surface area contributed by atoms with Crippen molar-refractivity contribution in [3.05, 3.63) is 69.7 Å². The largest absolute Gasteiger partial charge is 0.457 e. The van der Waals surface area contributed by atoms with E-state index in [2.05, 4.69) is 5.43 Å². The van der Waals surface area contributed by atoms with Crippen LogP contribution in [0.1, 0.15) is 17.4 Å². The molecule has 0 radical (unpaired) electrons. The molecule has 2 aromatic carbocycles. The summed E-state index contributed by atoms with van der Waals surface area (Å²) in [5.41, 5.74) is 3.39. The molecule has 0 aliphatic rings. The standard InChI is InChI=1S/C15H11Cl2FN2O/c16-10-5-2-4-9(13(10)18)14(20-19)12-7-8-3-1-6-11(17)15(8)21-12/h1-7,14,20H,19H2. The van der Waals surface area contributed by atoms with E-state index in [4.69, 9.17) is 33.5 Å². The van der Waals surface area contributed by atoms with Gasteiger partial charge in [0.05, 0.1) is 10.0 Å². The third-order valence-electron chi connectivity index (χ3n) is 3.26. The Labute approximate surface area is 130 Å². The third kappa shape index (κ3) is 2.51. The van der Waals surface area contributed by atoms with E-state index in [0.29, 0.717) is 21.9 Å². The lowest BCUT2D eigenvalue weighted by molar-refractivity contribution is 0.463. The molecule has 0 fully saturated rings. The quantitative estimate of drug-likeness (QED) is 0.553. The van der Waals surface area contributed by atoms with Gasteiger partial charge in [-0.1, -0.05) is 47.5 Å². The highest BCUT2D eigenvalue weighted by molar-refractivity contribution is 6.34. The molecule has 1 aromatic heterocycles. The van der Waals surface area contributed by atoms with Crippen molar-refractivity contribution in [2.24, 2.45) is 5.84 Å². The normalized spacial score (nSPS) is 12.8. The average molecular weight is 325 g/mol. The van der Waals surface area contributed by atoms with Crippen LogP contribution in [0.4, 0.5) is 4.39 Å². The van der Waals surface area contributed by atoms with E-state index in [1.165, 1.54) is 6.07 Å². The van der Waals surface area contributed by atoms with Crippen molar-refractivity contribution in [3.63, 3.8) is 0 Å². The van der Waals surface area contributed by atoms with E-state index < -0.39 is 11.9 Å². The van der Waals surface area contributed by atoms with Crippen LogP contribution < -0.4 is 11.3 Å². The van der Waals surface area contributed by atoms with Crippen LogP contribution in [0.15, 0.2) is 46.9 Å². The van der Waals surface area contributed by atoms with Gasteiger partial charge in [-0.05, 0) is 18.2 Å². The number of nitrogens with one attached hydrogen (secondary N) is 1. The fraction of sp³-hybridized carbons (Fsp3) is 0.0667. The zero-order valence-electron chi connectivity index (χ0n) is 10.7. The molecule has 1 unspecified atom stereocenters. The molecule has 0 bridgehead atoms. The van der Waals surface area contributed by atoms with Gasteiger partial charge in [-0.2, -0.15) is 0 Å². The molecule has 3 nitrogen and oxygen atoms in total. The number of para-hydroxylation sites is 1. The first-order valence-electron chi connectivity index (χ1n) is 6.20. The Kier molecular flexibility index (Phi) is 3.87. The highest BCUT2D eigenvalue weighted by atomic mass is 35.5. The van der Waals surface area contributed by atoms with Gasteiger partial charge in [-0.15, -0.1) is 0 Å². The highest BCUT2D eigenvalue weighted by Gasteiger charge is 2.22. The Morgan fingerprint density at radius 3 is 2.52 bits per heavy atom. The number of fused-ring (bicyclic) bond motifs is 1. The van der Waals surface area contributed by atoms with Gasteiger partial charge in [0.1, 0.15) is 17.6 Å². The molecule has 3 N–H and O–H groups in total. The maximum absolute atomic E-state index is 14.2. The van der Waals surface area contributed by atoms with Crippen LogP contribution in [-0.2, 0) is 0 Å². The molecule has 0 spiro atoms. The van der Waals surface area contributed by atoms with E-state index in [9.17, 15) is 4.39 Å². The molecule has 108 valence electrons. The lowest BCUT2D eigenvalue weighted by Crippen LogP contribution is -2.29. The second-order valence-electron chi connectivity index (χ2n) is 4.55. The maximum atomic E-state index is 14.2. The molecule has 0 saturated carbocycles. The number of halogens is 3. The summed E-state index contributed by atoms with van der Waals surface area (Å²) >= 11 is 11.9. The third-order valence-corrected chi connectivity index (χ3v) is 3.85. The fourth-order valence-electron chi connectivity index (χ4n) is 2.26. The van der Waals surface area contributed by atoms with E-state index in [0.717, 1.165) is 5.39 Å². The summed E-state index contributed by atoms with van der Waals surface area (Å²) < 4.78 is 19.9. The summed E-state index contributed by atoms with van der Waals surface area (Å²) in [5.74, 6) is 5.49. The summed E-state index contributed by atoms with van der Waals surface area (Å²) in [6.45, 7) is 0. The van der Waals surface area contributed by atoms with E-state index >= 15 is 0 Å². The van der Waals surface area contributed by atoms with Gasteiger partial charge >= 0.3 is 0 Å². The summed E-state index contributed by atoms with van der Waals surface area (Å²) in [5, 5.41) is 1.34. The first-order valence-corrected chi connectivity index (χ1v) is 6.95. The lowest BCUT2D eigenvalue weighted by atomic mass is 10.0. The zero-order valence-corrected chi connectivity index (χ0v) is 12.3. The Morgan fingerprint density at radius 2 is 1.81 bits per heavy atom. The van der Waals surface area contributed by atoms with E-state index in [-0.39, 0.29) is 5.02 Å². The van der Waals surface area contributed by atoms with Crippen LogP contribution in [0, 0.1) is 5.82 Å². The zero-order chi connectivity index (χ0) is 15.0. The van der Waals surface area contributed by atoms with Crippen molar-refractivity contribution < 1.29 is 8.81 Å². The number of furan rings is 1. The van der Waals surface area contributed by atoms with Crippen LogP contribution in [0.25, 0.3) is 11.0 Å². The smallest absolute Gasteiger partial charge is 0.152 e. The van der Waals surface area contributed by atoms with Crippen molar-refractivity contribution in [2.45, 2.75) is 6.04 Å².